The number of nitrogens with one attached hydrogen (secondary N) is 4. The minimum atomic E-state index is -3.61. The number of hydrogen-bond donors (Lipinski definition) is 6. The summed E-state index contributed by atoms with van der Waals surface area (Å²) in [6, 6.07) is 11.6. The molecule has 0 aromatic heterocycles. The van der Waals surface area contributed by atoms with E-state index in [2.05, 4.69) is 9.44 Å². The van der Waals surface area contributed by atoms with Gasteiger partial charge in [0.2, 0.25) is 20.0 Å². The fourth-order valence-corrected chi connectivity index (χ4v) is 5.14. The van der Waals surface area contributed by atoms with Gasteiger partial charge in [-0.05, 0) is 61.4 Å². The molecule has 0 aliphatic rings. The van der Waals surface area contributed by atoms with Crippen LogP contribution >= 0.6 is 0 Å². The van der Waals surface area contributed by atoms with E-state index >= 15 is 0 Å². The van der Waals surface area contributed by atoms with Gasteiger partial charge < -0.3 is 11.5 Å². The van der Waals surface area contributed by atoms with E-state index in [-0.39, 0.29) is 21.5 Å². The van der Waals surface area contributed by atoms with Crippen LogP contribution in [0.1, 0.15) is 43.2 Å². The van der Waals surface area contributed by atoms with Crippen LogP contribution in [-0.2, 0) is 20.0 Å². The summed E-state index contributed by atoms with van der Waals surface area (Å²) in [6.45, 7) is 0.610. The maximum atomic E-state index is 12.3. The Morgan fingerprint density at radius 1 is 0.606 bits per heavy atom. The molecule has 0 aliphatic heterocycles. The molecule has 0 amide bonds. The quantitative estimate of drug-likeness (QED) is 0.131. The molecule has 2 rings (SSSR count). The van der Waals surface area contributed by atoms with Crippen molar-refractivity contribution in [2.24, 2.45) is 11.5 Å². The molecule has 0 aliphatic carbocycles. The number of benzene rings is 2. The number of sulfonamides is 2. The summed E-state index contributed by atoms with van der Waals surface area (Å²) in [6.07, 6.45) is 3.80. The van der Waals surface area contributed by atoms with Gasteiger partial charge in [0.05, 0.1) is 9.79 Å². The summed E-state index contributed by atoms with van der Waals surface area (Å²) in [4.78, 5) is 0.242. The SMILES string of the molecule is N=C(N)c1ccc(S(=O)(=O)NCCCCCCCNS(=O)(=O)c2ccc(C(=N)N)cc2)cc1. The molecule has 0 heterocycles. The van der Waals surface area contributed by atoms with Gasteiger partial charge in [0.15, 0.2) is 0 Å². The molecule has 0 atom stereocenters. The van der Waals surface area contributed by atoms with Crippen molar-refractivity contribution in [3.05, 3.63) is 59.7 Å². The summed E-state index contributed by atoms with van der Waals surface area (Å²) < 4.78 is 54.2. The lowest BCUT2D eigenvalue weighted by Crippen LogP contribution is -2.25. The first-order valence-electron chi connectivity index (χ1n) is 10.4. The molecular weight excluding hydrogens is 464 g/mol. The highest BCUT2D eigenvalue weighted by Crippen LogP contribution is 2.12. The Balaban J connectivity index is 1.62. The standard InChI is InChI=1S/C21H30N6O4S2/c22-20(23)16-6-10-18(11-7-16)32(28,29)26-14-4-2-1-3-5-15-27-33(30,31)19-12-8-17(9-13-19)21(24)25/h6-13,26-27H,1-5,14-15H2,(H3,22,23)(H3,24,25). The first kappa shape index (κ1) is 26.5. The summed E-state index contributed by atoms with van der Waals surface area (Å²) in [5.41, 5.74) is 11.7. The zero-order chi connectivity index (χ0) is 24.5. The van der Waals surface area contributed by atoms with Crippen LogP contribution in [0.3, 0.4) is 0 Å². The second-order valence-electron chi connectivity index (χ2n) is 7.44. The van der Waals surface area contributed by atoms with Gasteiger partial charge in [-0.25, -0.2) is 26.3 Å². The average molecular weight is 495 g/mol. The Kier molecular flexibility index (Phi) is 9.53. The molecular formula is C21H30N6O4S2. The van der Waals surface area contributed by atoms with Crippen molar-refractivity contribution >= 4 is 31.7 Å². The first-order valence-corrected chi connectivity index (χ1v) is 13.4. The Morgan fingerprint density at radius 2 is 0.909 bits per heavy atom. The number of amidine groups is 2. The number of rotatable bonds is 14. The van der Waals surface area contributed by atoms with Gasteiger partial charge in [0.25, 0.3) is 0 Å². The normalized spacial score (nSPS) is 11.9. The molecule has 8 N–H and O–H groups in total. The summed E-state index contributed by atoms with van der Waals surface area (Å²) >= 11 is 0. The minimum absolute atomic E-state index is 0.121. The van der Waals surface area contributed by atoms with Crippen molar-refractivity contribution in [3.63, 3.8) is 0 Å². The van der Waals surface area contributed by atoms with E-state index in [9.17, 15) is 16.8 Å². The number of unbranched alkanes of at least 4 members (excludes halogenated alkanes) is 4. The lowest BCUT2D eigenvalue weighted by atomic mass is 10.1. The summed E-state index contributed by atoms with van der Waals surface area (Å²) in [5.74, 6) is -0.244. The second-order valence-corrected chi connectivity index (χ2v) is 11.0. The average Bonchev–Trinajstić information content (AvgIpc) is 2.78. The molecule has 0 unspecified atom stereocenters. The molecule has 10 nitrogen and oxygen atoms in total. The third kappa shape index (κ3) is 8.24. The smallest absolute Gasteiger partial charge is 0.240 e. The molecule has 0 radical (unpaired) electrons. The van der Waals surface area contributed by atoms with Crippen LogP contribution in [0.25, 0.3) is 0 Å². The van der Waals surface area contributed by atoms with Crippen LogP contribution in [0.4, 0.5) is 0 Å². The monoisotopic (exact) mass is 494 g/mol. The topological polar surface area (TPSA) is 192 Å². The third-order valence-corrected chi connectivity index (χ3v) is 7.84. The highest BCUT2D eigenvalue weighted by atomic mass is 32.2. The molecule has 33 heavy (non-hydrogen) atoms. The van der Waals surface area contributed by atoms with Crippen molar-refractivity contribution < 1.29 is 16.8 Å². The van der Waals surface area contributed by atoms with E-state index in [1.54, 1.807) is 0 Å². The van der Waals surface area contributed by atoms with Crippen LogP contribution in [-0.4, -0.2) is 41.6 Å². The maximum absolute atomic E-state index is 12.3. The van der Waals surface area contributed by atoms with E-state index in [0.29, 0.717) is 37.1 Å². The van der Waals surface area contributed by atoms with Crippen LogP contribution in [0, 0.1) is 10.8 Å². The van der Waals surface area contributed by atoms with E-state index in [1.807, 2.05) is 0 Å². The van der Waals surface area contributed by atoms with Crippen LogP contribution in [0.2, 0.25) is 0 Å². The van der Waals surface area contributed by atoms with E-state index in [0.717, 1.165) is 19.3 Å². The Morgan fingerprint density at radius 3 is 1.21 bits per heavy atom. The van der Waals surface area contributed by atoms with Gasteiger partial charge >= 0.3 is 0 Å². The predicted octanol–water partition coefficient (Wildman–Crippen LogP) is 1.46. The Labute approximate surface area is 194 Å². The van der Waals surface area contributed by atoms with Crippen molar-refractivity contribution in [3.8, 4) is 0 Å². The molecule has 12 heteroatoms. The lowest BCUT2D eigenvalue weighted by Gasteiger charge is -2.08. The summed E-state index contributed by atoms with van der Waals surface area (Å²) in [5, 5.41) is 14.7. The van der Waals surface area contributed by atoms with Gasteiger partial charge in [0, 0.05) is 24.2 Å². The minimum Gasteiger partial charge on any atom is -0.384 e. The Hall–Kier alpha value is -2.80. The fraction of sp³-hybridized carbons (Fsp3) is 0.333. The second kappa shape index (κ2) is 11.9. The molecule has 180 valence electrons. The third-order valence-electron chi connectivity index (χ3n) is 4.89. The molecule has 0 bridgehead atoms. The molecule has 2 aromatic carbocycles. The summed E-state index contributed by atoms with van der Waals surface area (Å²) in [7, 11) is -7.22. The largest absolute Gasteiger partial charge is 0.384 e. The van der Waals surface area contributed by atoms with Crippen molar-refractivity contribution in [1.82, 2.24) is 9.44 Å². The van der Waals surface area contributed by atoms with Crippen LogP contribution in [0.5, 0.6) is 0 Å². The van der Waals surface area contributed by atoms with Gasteiger partial charge in [-0.15, -0.1) is 0 Å². The molecule has 0 spiro atoms. The highest BCUT2D eigenvalue weighted by Gasteiger charge is 2.14. The van der Waals surface area contributed by atoms with Crippen LogP contribution in [0.15, 0.2) is 58.3 Å². The fourth-order valence-electron chi connectivity index (χ4n) is 2.99. The number of hydrogen-bond acceptors (Lipinski definition) is 6. The van der Waals surface area contributed by atoms with Gasteiger partial charge in [0.1, 0.15) is 11.7 Å². The van der Waals surface area contributed by atoms with Crippen molar-refractivity contribution in [2.45, 2.75) is 41.9 Å². The van der Waals surface area contributed by atoms with Gasteiger partial charge in [-0.3, -0.25) is 10.8 Å². The van der Waals surface area contributed by atoms with Crippen LogP contribution < -0.4 is 20.9 Å². The molecule has 0 saturated carbocycles. The maximum Gasteiger partial charge on any atom is 0.240 e. The van der Waals surface area contributed by atoms with Gasteiger partial charge in [-0.1, -0.05) is 19.3 Å². The molecule has 0 saturated heterocycles. The highest BCUT2D eigenvalue weighted by molar-refractivity contribution is 7.89. The van der Waals surface area contributed by atoms with Crippen molar-refractivity contribution in [2.75, 3.05) is 13.1 Å². The number of nitrogen functional groups attached to an aromatic ring is 2. The van der Waals surface area contributed by atoms with E-state index in [4.69, 9.17) is 22.3 Å². The lowest BCUT2D eigenvalue weighted by molar-refractivity contribution is 0.562. The van der Waals surface area contributed by atoms with Crippen molar-refractivity contribution in [1.29, 1.82) is 10.8 Å². The first-order chi connectivity index (χ1) is 15.5. The molecule has 2 aromatic rings. The zero-order valence-electron chi connectivity index (χ0n) is 18.2. The number of nitrogens with two attached hydrogens (primary N) is 2. The predicted molar refractivity (Wildman–Crippen MR) is 128 cm³/mol. The molecule has 0 fully saturated rings. The van der Waals surface area contributed by atoms with Gasteiger partial charge in [-0.2, -0.15) is 0 Å². The van der Waals surface area contributed by atoms with E-state index < -0.39 is 20.0 Å². The van der Waals surface area contributed by atoms with E-state index in [1.165, 1.54) is 48.5 Å². The Bertz CT molecular complexity index is 1070. The zero-order valence-corrected chi connectivity index (χ0v) is 19.8.